The molecule has 3 N–H and O–H groups in total. The highest BCUT2D eigenvalue weighted by Gasteiger charge is 2.22. The van der Waals surface area contributed by atoms with Crippen LogP contribution in [-0.4, -0.2) is 37.7 Å². The van der Waals surface area contributed by atoms with Gasteiger partial charge in [-0.1, -0.05) is 36.4 Å². The number of fused-ring (bicyclic) bond motifs is 1. The highest BCUT2D eigenvalue weighted by atomic mass is 16.2. The number of hydrogen-bond acceptors (Lipinski definition) is 4. The second-order valence-corrected chi connectivity index (χ2v) is 8.95. The molecule has 0 saturated heterocycles. The first kappa shape index (κ1) is 21.9. The van der Waals surface area contributed by atoms with Crippen LogP contribution in [0, 0.1) is 12.8 Å². The van der Waals surface area contributed by atoms with E-state index in [-0.39, 0.29) is 6.03 Å². The molecule has 6 heteroatoms. The molecular formula is C26H33N5O. The van der Waals surface area contributed by atoms with Gasteiger partial charge in [0.1, 0.15) is 5.82 Å². The van der Waals surface area contributed by atoms with Crippen LogP contribution in [-0.2, 0) is 0 Å². The number of hydrogen-bond donors (Lipinski definition) is 3. The number of para-hydroxylation sites is 2. The molecule has 168 valence electrons. The Morgan fingerprint density at radius 2 is 1.75 bits per heavy atom. The number of amides is 2. The molecule has 0 atom stereocenters. The number of rotatable bonds is 6. The molecule has 0 radical (unpaired) electrons. The van der Waals surface area contributed by atoms with Crippen LogP contribution in [0.5, 0.6) is 0 Å². The van der Waals surface area contributed by atoms with Crippen molar-refractivity contribution in [2.75, 3.05) is 36.2 Å². The minimum atomic E-state index is -0.129. The van der Waals surface area contributed by atoms with Crippen molar-refractivity contribution in [2.45, 2.75) is 38.6 Å². The van der Waals surface area contributed by atoms with Gasteiger partial charge in [-0.25, -0.2) is 9.78 Å². The van der Waals surface area contributed by atoms with Gasteiger partial charge in [-0.2, -0.15) is 0 Å². The predicted octanol–water partition coefficient (Wildman–Crippen LogP) is 5.40. The van der Waals surface area contributed by atoms with Gasteiger partial charge in [0.15, 0.2) is 0 Å². The predicted molar refractivity (Wildman–Crippen MR) is 134 cm³/mol. The van der Waals surface area contributed by atoms with E-state index in [1.807, 2.05) is 37.3 Å². The average Bonchev–Trinajstić information content (AvgIpc) is 2.79. The van der Waals surface area contributed by atoms with Crippen LogP contribution in [0.4, 0.5) is 22.0 Å². The van der Waals surface area contributed by atoms with Crippen molar-refractivity contribution in [3.63, 3.8) is 0 Å². The van der Waals surface area contributed by atoms with Crippen LogP contribution >= 0.6 is 0 Å². The number of benzene rings is 2. The summed E-state index contributed by atoms with van der Waals surface area (Å²) in [6, 6.07) is 18.5. The molecule has 0 bridgehead atoms. The van der Waals surface area contributed by atoms with E-state index in [4.69, 9.17) is 4.98 Å². The van der Waals surface area contributed by atoms with Gasteiger partial charge in [-0.15, -0.1) is 0 Å². The Morgan fingerprint density at radius 1 is 1.03 bits per heavy atom. The largest absolute Gasteiger partial charge is 0.377 e. The highest BCUT2D eigenvalue weighted by molar-refractivity contribution is 5.93. The first-order chi connectivity index (χ1) is 15.5. The molecule has 0 unspecified atom stereocenters. The Bertz CT molecular complexity index is 1070. The van der Waals surface area contributed by atoms with E-state index in [0.717, 1.165) is 48.3 Å². The maximum atomic E-state index is 12.3. The summed E-state index contributed by atoms with van der Waals surface area (Å²) >= 11 is 0. The third-order valence-corrected chi connectivity index (χ3v) is 6.32. The Balaban J connectivity index is 1.28. The maximum absolute atomic E-state index is 12.3. The molecule has 2 aromatic carbocycles. The Morgan fingerprint density at radius 3 is 2.50 bits per heavy atom. The van der Waals surface area contributed by atoms with Gasteiger partial charge in [0.05, 0.1) is 5.52 Å². The summed E-state index contributed by atoms with van der Waals surface area (Å²) in [6.07, 6.45) is 4.35. The summed E-state index contributed by atoms with van der Waals surface area (Å²) in [5.74, 6) is 1.45. The molecule has 32 heavy (non-hydrogen) atoms. The Hall–Kier alpha value is -3.28. The summed E-state index contributed by atoms with van der Waals surface area (Å²) in [7, 11) is 4.14. The normalized spacial score (nSPS) is 18.2. The zero-order valence-corrected chi connectivity index (χ0v) is 19.2. The number of aryl methyl sites for hydroxylation is 1. The topological polar surface area (TPSA) is 69.3 Å². The van der Waals surface area contributed by atoms with Crippen molar-refractivity contribution in [3.8, 4) is 0 Å². The van der Waals surface area contributed by atoms with Gasteiger partial charge in [0.2, 0.25) is 0 Å². The fourth-order valence-corrected chi connectivity index (χ4v) is 4.44. The lowest BCUT2D eigenvalue weighted by atomic mass is 9.86. The van der Waals surface area contributed by atoms with Crippen LogP contribution in [0.15, 0.2) is 54.6 Å². The zero-order chi connectivity index (χ0) is 22.5. The smallest absolute Gasteiger partial charge is 0.319 e. The van der Waals surface area contributed by atoms with Crippen molar-refractivity contribution < 1.29 is 4.79 Å². The molecule has 4 rings (SSSR count). The summed E-state index contributed by atoms with van der Waals surface area (Å²) in [6.45, 7) is 2.71. The lowest BCUT2D eigenvalue weighted by molar-refractivity contribution is 0.246. The molecule has 1 saturated carbocycles. The second-order valence-electron chi connectivity index (χ2n) is 8.95. The van der Waals surface area contributed by atoms with E-state index in [0.29, 0.717) is 18.5 Å². The van der Waals surface area contributed by atoms with E-state index >= 15 is 0 Å². The molecule has 2 amide bonds. The average molecular weight is 432 g/mol. The summed E-state index contributed by atoms with van der Waals surface area (Å²) in [4.78, 5) is 19.2. The van der Waals surface area contributed by atoms with E-state index in [1.54, 1.807) is 0 Å². The van der Waals surface area contributed by atoms with Crippen molar-refractivity contribution in [1.82, 2.24) is 10.3 Å². The number of nitrogens with one attached hydrogen (secondary N) is 3. The highest BCUT2D eigenvalue weighted by Crippen LogP contribution is 2.30. The number of urea groups is 1. The van der Waals surface area contributed by atoms with Crippen LogP contribution in [0.1, 0.15) is 31.2 Å². The van der Waals surface area contributed by atoms with Crippen molar-refractivity contribution in [3.05, 3.63) is 60.2 Å². The lowest BCUT2D eigenvalue weighted by Gasteiger charge is -2.30. The van der Waals surface area contributed by atoms with Gasteiger partial charge in [0.25, 0.3) is 0 Å². The van der Waals surface area contributed by atoms with Crippen molar-refractivity contribution in [1.29, 1.82) is 0 Å². The number of anilines is 3. The molecule has 0 aliphatic heterocycles. The third-order valence-electron chi connectivity index (χ3n) is 6.32. The quantitative estimate of drug-likeness (QED) is 0.489. The molecule has 6 nitrogen and oxygen atoms in total. The van der Waals surface area contributed by atoms with E-state index in [9.17, 15) is 4.79 Å². The fraction of sp³-hybridized carbons (Fsp3) is 0.385. The summed E-state index contributed by atoms with van der Waals surface area (Å²) in [5.41, 5.74) is 4.11. The second kappa shape index (κ2) is 9.90. The van der Waals surface area contributed by atoms with E-state index in [2.05, 4.69) is 59.2 Å². The van der Waals surface area contributed by atoms with E-state index in [1.165, 1.54) is 11.1 Å². The van der Waals surface area contributed by atoms with E-state index < -0.39 is 0 Å². The first-order valence-electron chi connectivity index (χ1n) is 11.4. The molecule has 3 aromatic rings. The van der Waals surface area contributed by atoms with Crippen LogP contribution < -0.4 is 20.9 Å². The fourth-order valence-electron chi connectivity index (χ4n) is 4.44. The summed E-state index contributed by atoms with van der Waals surface area (Å²) < 4.78 is 0. The van der Waals surface area contributed by atoms with Gasteiger partial charge in [-0.3, -0.25) is 0 Å². The standard InChI is InChI=1S/C26H33N5O/c1-18-8-4-6-10-22(18)30-26(32)27-17-19-12-14-20(15-13-19)28-25-16-24(31(2)3)21-9-5-7-11-23(21)29-25/h4-11,16,19-20H,12-15,17H2,1-3H3,(H,28,29)(H2,27,30,32)/t19-,20+. The van der Waals surface area contributed by atoms with Gasteiger partial charge >= 0.3 is 6.03 Å². The first-order valence-corrected chi connectivity index (χ1v) is 11.4. The Kier molecular flexibility index (Phi) is 6.78. The number of aromatic nitrogens is 1. The van der Waals surface area contributed by atoms with Crippen molar-refractivity contribution in [2.24, 2.45) is 5.92 Å². The zero-order valence-electron chi connectivity index (χ0n) is 19.2. The minimum absolute atomic E-state index is 0.129. The van der Waals surface area contributed by atoms with Crippen LogP contribution in [0.3, 0.4) is 0 Å². The number of nitrogens with zero attached hydrogens (tertiary/aromatic N) is 2. The molecule has 0 spiro atoms. The molecule has 1 aromatic heterocycles. The third kappa shape index (κ3) is 5.31. The minimum Gasteiger partial charge on any atom is -0.377 e. The number of carbonyl (C=O) groups excluding carboxylic acids is 1. The van der Waals surface area contributed by atoms with Crippen LogP contribution in [0.2, 0.25) is 0 Å². The molecule has 1 aliphatic carbocycles. The van der Waals surface area contributed by atoms with Crippen molar-refractivity contribution >= 4 is 34.1 Å². The Labute approximate surface area is 190 Å². The monoisotopic (exact) mass is 431 g/mol. The maximum Gasteiger partial charge on any atom is 0.319 e. The number of carbonyl (C=O) groups is 1. The lowest BCUT2D eigenvalue weighted by Crippen LogP contribution is -2.36. The molecule has 1 aliphatic rings. The summed E-state index contributed by atoms with van der Waals surface area (Å²) in [5, 5.41) is 10.8. The van der Waals surface area contributed by atoms with Gasteiger partial charge in [0, 0.05) is 49.5 Å². The molecular weight excluding hydrogens is 398 g/mol. The SMILES string of the molecule is Cc1ccccc1NC(=O)NC[C@H]1CC[C@@H](Nc2cc(N(C)C)c3ccccc3n2)CC1. The number of pyridine rings is 1. The molecule has 1 heterocycles. The van der Waals surface area contributed by atoms with Crippen LogP contribution in [0.25, 0.3) is 10.9 Å². The molecule has 1 fully saturated rings. The van der Waals surface area contributed by atoms with Gasteiger partial charge in [-0.05, 0) is 56.2 Å². The van der Waals surface area contributed by atoms with Gasteiger partial charge < -0.3 is 20.9 Å².